The molecule has 0 bridgehead atoms. The Morgan fingerprint density at radius 2 is 2.44 bits per heavy atom. The Hall–Kier alpha value is -2.06. The molecular weight excluding hydrogens is 248 g/mol. The zero-order valence-electron chi connectivity index (χ0n) is 9.69. The lowest BCUT2D eigenvalue weighted by Crippen LogP contribution is -1.84. The Balaban J connectivity index is 2.23. The number of carbonyl (C=O) groups is 2. The number of thioether (sulfide) groups is 1. The van der Waals surface area contributed by atoms with Crippen LogP contribution in [0, 0.1) is 11.8 Å². The topological polar surface area (TPSA) is 62.8 Å². The first-order valence-corrected chi connectivity index (χ1v) is 6.24. The van der Waals surface area contributed by atoms with Crippen LogP contribution < -0.4 is 0 Å². The van der Waals surface area contributed by atoms with Crippen molar-refractivity contribution in [3.8, 4) is 11.8 Å². The van der Waals surface area contributed by atoms with Crippen LogP contribution in [-0.2, 0) is 4.79 Å². The SMILES string of the molecule is CC(=O)SCC#Cc1cnc2[nH]cc(C=O)c2c1. The molecule has 0 aliphatic rings. The van der Waals surface area contributed by atoms with E-state index in [1.54, 1.807) is 12.4 Å². The van der Waals surface area contributed by atoms with Crippen LogP contribution >= 0.6 is 11.8 Å². The summed E-state index contributed by atoms with van der Waals surface area (Å²) in [6, 6.07) is 1.81. The molecule has 0 atom stereocenters. The molecule has 0 saturated heterocycles. The van der Waals surface area contributed by atoms with Crippen LogP contribution in [-0.4, -0.2) is 27.1 Å². The van der Waals surface area contributed by atoms with Gasteiger partial charge in [0.1, 0.15) is 5.65 Å². The van der Waals surface area contributed by atoms with Gasteiger partial charge < -0.3 is 4.98 Å². The van der Waals surface area contributed by atoms with Gasteiger partial charge in [-0.05, 0) is 6.07 Å². The number of hydrogen-bond acceptors (Lipinski definition) is 4. The summed E-state index contributed by atoms with van der Waals surface area (Å²) in [6.07, 6.45) is 4.04. The maximum absolute atomic E-state index is 10.8. The second kappa shape index (κ2) is 5.52. The molecule has 0 aliphatic heterocycles. The van der Waals surface area contributed by atoms with Crippen molar-refractivity contribution in [1.82, 2.24) is 9.97 Å². The molecule has 2 aromatic heterocycles. The minimum atomic E-state index is 0.0479. The van der Waals surface area contributed by atoms with E-state index in [0.717, 1.165) is 17.2 Å². The van der Waals surface area contributed by atoms with Gasteiger partial charge in [-0.3, -0.25) is 9.59 Å². The summed E-state index contributed by atoms with van der Waals surface area (Å²) in [6.45, 7) is 1.51. The molecule has 0 radical (unpaired) electrons. The number of nitrogens with one attached hydrogen (secondary N) is 1. The average molecular weight is 258 g/mol. The molecule has 4 nitrogen and oxygen atoms in total. The summed E-state index contributed by atoms with van der Waals surface area (Å²) in [5.74, 6) is 6.26. The molecule has 0 aliphatic carbocycles. The van der Waals surface area contributed by atoms with Crippen molar-refractivity contribution in [1.29, 1.82) is 0 Å². The largest absolute Gasteiger partial charge is 0.345 e. The van der Waals surface area contributed by atoms with Gasteiger partial charge in [0.25, 0.3) is 0 Å². The molecule has 1 N–H and O–H groups in total. The lowest BCUT2D eigenvalue weighted by Gasteiger charge is -1.92. The summed E-state index contributed by atoms with van der Waals surface area (Å²) in [4.78, 5) is 28.6. The normalized spacial score (nSPS) is 9.83. The molecule has 2 aromatic rings. The van der Waals surface area contributed by atoms with Crippen molar-refractivity contribution in [3.05, 3.63) is 29.6 Å². The summed E-state index contributed by atoms with van der Waals surface area (Å²) < 4.78 is 0. The number of hydrogen-bond donors (Lipinski definition) is 1. The van der Waals surface area contributed by atoms with Crippen molar-refractivity contribution in [2.24, 2.45) is 0 Å². The van der Waals surface area contributed by atoms with Gasteiger partial charge in [-0.1, -0.05) is 23.6 Å². The number of aromatic nitrogens is 2. The van der Waals surface area contributed by atoms with Crippen molar-refractivity contribution in [3.63, 3.8) is 0 Å². The maximum atomic E-state index is 10.8. The Morgan fingerprint density at radius 3 is 3.17 bits per heavy atom. The molecule has 0 spiro atoms. The number of fused-ring (bicyclic) bond motifs is 1. The smallest absolute Gasteiger partial charge is 0.186 e. The van der Waals surface area contributed by atoms with Crippen LogP contribution in [0.2, 0.25) is 0 Å². The van der Waals surface area contributed by atoms with E-state index >= 15 is 0 Å². The number of pyridine rings is 1. The van der Waals surface area contributed by atoms with Gasteiger partial charge in [0.05, 0.1) is 5.75 Å². The van der Waals surface area contributed by atoms with Crippen LogP contribution in [0.1, 0.15) is 22.8 Å². The Labute approximate surface area is 108 Å². The number of nitrogens with zero attached hydrogens (tertiary/aromatic N) is 1. The summed E-state index contributed by atoms with van der Waals surface area (Å²) in [5.41, 5.74) is 1.97. The third-order valence-corrected chi connectivity index (χ3v) is 2.97. The van der Waals surface area contributed by atoms with Crippen LogP contribution in [0.3, 0.4) is 0 Å². The van der Waals surface area contributed by atoms with Crippen molar-refractivity contribution in [2.45, 2.75) is 6.92 Å². The van der Waals surface area contributed by atoms with E-state index in [0.29, 0.717) is 17.0 Å². The van der Waals surface area contributed by atoms with Crippen molar-refractivity contribution >= 4 is 34.2 Å². The van der Waals surface area contributed by atoms with E-state index in [1.165, 1.54) is 18.7 Å². The summed E-state index contributed by atoms with van der Waals surface area (Å²) in [5, 5.41) is 0.808. The van der Waals surface area contributed by atoms with Gasteiger partial charge in [0.15, 0.2) is 11.4 Å². The van der Waals surface area contributed by atoms with Gasteiger partial charge in [-0.15, -0.1) is 0 Å². The molecule has 0 unspecified atom stereocenters. The van der Waals surface area contributed by atoms with Crippen molar-refractivity contribution in [2.75, 3.05) is 5.75 Å². The fourth-order valence-corrected chi connectivity index (χ4v) is 1.81. The third kappa shape index (κ3) is 2.79. The second-order valence-corrected chi connectivity index (χ2v) is 4.72. The molecule has 5 heteroatoms. The number of rotatable bonds is 2. The van der Waals surface area contributed by atoms with Crippen LogP contribution in [0.25, 0.3) is 11.0 Å². The average Bonchev–Trinajstić information content (AvgIpc) is 2.76. The molecular formula is C13H10N2O2S. The van der Waals surface area contributed by atoms with E-state index in [9.17, 15) is 9.59 Å². The molecule has 0 saturated carbocycles. The Bertz CT molecular complexity index is 664. The molecule has 0 fully saturated rings. The van der Waals surface area contributed by atoms with E-state index < -0.39 is 0 Å². The highest BCUT2D eigenvalue weighted by atomic mass is 32.2. The molecule has 90 valence electrons. The van der Waals surface area contributed by atoms with Gasteiger partial charge in [-0.2, -0.15) is 0 Å². The molecule has 2 heterocycles. The predicted octanol–water partition coefficient (Wildman–Crippen LogP) is 2.01. The number of H-pyrrole nitrogens is 1. The van der Waals surface area contributed by atoms with Gasteiger partial charge in [0, 0.05) is 35.8 Å². The highest BCUT2D eigenvalue weighted by Gasteiger charge is 2.03. The van der Waals surface area contributed by atoms with E-state index in [-0.39, 0.29) is 5.12 Å². The van der Waals surface area contributed by atoms with Gasteiger partial charge in [0.2, 0.25) is 0 Å². The quantitative estimate of drug-likeness (QED) is 0.661. The highest BCUT2D eigenvalue weighted by Crippen LogP contribution is 2.15. The zero-order valence-corrected chi connectivity index (χ0v) is 10.5. The van der Waals surface area contributed by atoms with E-state index in [1.807, 2.05) is 6.07 Å². The fraction of sp³-hybridized carbons (Fsp3) is 0.154. The van der Waals surface area contributed by atoms with E-state index in [4.69, 9.17) is 0 Å². The number of carbonyl (C=O) groups excluding carboxylic acids is 2. The minimum Gasteiger partial charge on any atom is -0.345 e. The Morgan fingerprint density at radius 1 is 1.61 bits per heavy atom. The maximum Gasteiger partial charge on any atom is 0.186 e. The first-order chi connectivity index (χ1) is 8.70. The fourth-order valence-electron chi connectivity index (χ4n) is 1.47. The number of aromatic amines is 1. The summed E-state index contributed by atoms with van der Waals surface area (Å²) >= 11 is 1.17. The first kappa shape index (κ1) is 12.4. The van der Waals surface area contributed by atoms with Crippen LogP contribution in [0.5, 0.6) is 0 Å². The zero-order chi connectivity index (χ0) is 13.0. The lowest BCUT2D eigenvalue weighted by molar-refractivity contribution is -0.109. The van der Waals surface area contributed by atoms with Gasteiger partial charge in [-0.25, -0.2) is 4.98 Å². The number of aldehydes is 1. The molecule has 18 heavy (non-hydrogen) atoms. The van der Waals surface area contributed by atoms with Crippen molar-refractivity contribution < 1.29 is 9.59 Å². The third-order valence-electron chi connectivity index (χ3n) is 2.27. The van der Waals surface area contributed by atoms with Gasteiger partial charge >= 0.3 is 0 Å². The van der Waals surface area contributed by atoms with E-state index in [2.05, 4.69) is 21.8 Å². The Kier molecular flexibility index (Phi) is 3.80. The highest BCUT2D eigenvalue weighted by molar-refractivity contribution is 8.13. The standard InChI is InChI=1S/C13H10N2O2S/c1-9(17)18-4-2-3-10-5-12-11(8-16)7-15-13(12)14-6-10/h5-8H,4H2,1H3,(H,14,15). The summed E-state index contributed by atoms with van der Waals surface area (Å²) in [7, 11) is 0. The second-order valence-electron chi connectivity index (χ2n) is 3.56. The molecule has 0 amide bonds. The first-order valence-electron chi connectivity index (χ1n) is 5.25. The predicted molar refractivity (Wildman–Crippen MR) is 71.5 cm³/mol. The monoisotopic (exact) mass is 258 g/mol. The van der Waals surface area contributed by atoms with Crippen LogP contribution in [0.15, 0.2) is 18.5 Å². The molecule has 0 aromatic carbocycles. The van der Waals surface area contributed by atoms with Crippen LogP contribution in [0.4, 0.5) is 0 Å². The minimum absolute atomic E-state index is 0.0479. The lowest BCUT2D eigenvalue weighted by atomic mass is 10.2. The molecule has 2 rings (SSSR count).